The summed E-state index contributed by atoms with van der Waals surface area (Å²) >= 11 is 3.19. The number of nitrogens with zero attached hydrogens (tertiary/aromatic N) is 2. The maximum Gasteiger partial charge on any atom is 0.267 e. The molecule has 0 aliphatic rings. The van der Waals surface area contributed by atoms with Crippen LogP contribution >= 0.6 is 23.1 Å². The van der Waals surface area contributed by atoms with Gasteiger partial charge in [0.25, 0.3) is 5.91 Å². The van der Waals surface area contributed by atoms with E-state index in [1.54, 1.807) is 16.7 Å². The summed E-state index contributed by atoms with van der Waals surface area (Å²) in [7, 11) is 0. The van der Waals surface area contributed by atoms with E-state index in [0.29, 0.717) is 17.4 Å². The first kappa shape index (κ1) is 19.5. The Hall–Kier alpha value is -2.83. The normalized spacial score (nSPS) is 10.8. The lowest BCUT2D eigenvalue weighted by Crippen LogP contribution is -2.34. The average molecular weight is 421 g/mol. The van der Waals surface area contributed by atoms with Gasteiger partial charge in [0.2, 0.25) is 0 Å². The second-order valence-corrected chi connectivity index (χ2v) is 8.23. The zero-order chi connectivity index (χ0) is 20.1. The van der Waals surface area contributed by atoms with Crippen LogP contribution in [-0.2, 0) is 11.3 Å². The SMILES string of the molecule is CSc1cccc2sc(N(Cc3ccccc3)C(=O)COc3ccccc3)nc12. The molecule has 0 unspecified atom stereocenters. The molecule has 0 saturated carbocycles. The van der Waals surface area contributed by atoms with Gasteiger partial charge in [-0.2, -0.15) is 0 Å². The van der Waals surface area contributed by atoms with Crippen LogP contribution in [0.4, 0.5) is 5.13 Å². The minimum atomic E-state index is -0.123. The van der Waals surface area contributed by atoms with Gasteiger partial charge in [0, 0.05) is 4.90 Å². The minimum absolute atomic E-state index is 0.0395. The van der Waals surface area contributed by atoms with Crippen LogP contribution in [0.15, 0.2) is 83.8 Å². The molecule has 0 N–H and O–H groups in total. The predicted octanol–water partition coefficient (Wildman–Crippen LogP) is 5.63. The predicted molar refractivity (Wildman–Crippen MR) is 121 cm³/mol. The van der Waals surface area contributed by atoms with E-state index in [-0.39, 0.29) is 12.5 Å². The molecule has 0 bridgehead atoms. The molecule has 0 saturated heterocycles. The quantitative estimate of drug-likeness (QED) is 0.363. The summed E-state index contributed by atoms with van der Waals surface area (Å²) in [5, 5.41) is 0.687. The number of carbonyl (C=O) groups excluding carboxylic acids is 1. The molecule has 146 valence electrons. The molecule has 3 aromatic carbocycles. The van der Waals surface area contributed by atoms with E-state index in [0.717, 1.165) is 20.7 Å². The van der Waals surface area contributed by atoms with Gasteiger partial charge in [0.1, 0.15) is 5.75 Å². The highest BCUT2D eigenvalue weighted by atomic mass is 32.2. The molecule has 29 heavy (non-hydrogen) atoms. The number of thiazole rings is 1. The molecule has 0 aliphatic carbocycles. The van der Waals surface area contributed by atoms with Crippen LogP contribution in [0, 0.1) is 0 Å². The lowest BCUT2D eigenvalue weighted by Gasteiger charge is -2.20. The third kappa shape index (κ3) is 4.60. The zero-order valence-corrected chi connectivity index (χ0v) is 17.6. The maximum atomic E-state index is 13.1. The van der Waals surface area contributed by atoms with E-state index in [9.17, 15) is 4.79 Å². The van der Waals surface area contributed by atoms with Crippen molar-refractivity contribution >= 4 is 44.4 Å². The Morgan fingerprint density at radius 1 is 1.00 bits per heavy atom. The second kappa shape index (κ2) is 9.11. The summed E-state index contributed by atoms with van der Waals surface area (Å²) < 4.78 is 6.78. The van der Waals surface area contributed by atoms with E-state index in [2.05, 4.69) is 6.07 Å². The fourth-order valence-corrected chi connectivity index (χ4v) is 4.60. The molecule has 4 aromatic rings. The molecule has 1 aromatic heterocycles. The number of hydrogen-bond acceptors (Lipinski definition) is 5. The van der Waals surface area contributed by atoms with Crippen LogP contribution in [0.2, 0.25) is 0 Å². The summed E-state index contributed by atoms with van der Waals surface area (Å²) in [5.41, 5.74) is 1.99. The molecule has 0 spiro atoms. The number of benzene rings is 3. The lowest BCUT2D eigenvalue weighted by molar-refractivity contribution is -0.120. The van der Waals surface area contributed by atoms with Gasteiger partial charge in [-0.3, -0.25) is 9.69 Å². The van der Waals surface area contributed by atoms with Crippen molar-refractivity contribution < 1.29 is 9.53 Å². The zero-order valence-electron chi connectivity index (χ0n) is 15.9. The first-order chi connectivity index (χ1) is 14.2. The van der Waals surface area contributed by atoms with E-state index in [1.807, 2.05) is 79.1 Å². The molecule has 0 fully saturated rings. The van der Waals surface area contributed by atoms with Crippen LogP contribution in [0.25, 0.3) is 10.2 Å². The molecule has 4 rings (SSSR count). The number of para-hydroxylation sites is 2. The van der Waals surface area contributed by atoms with Gasteiger partial charge in [0.15, 0.2) is 11.7 Å². The first-order valence-electron chi connectivity index (χ1n) is 9.20. The van der Waals surface area contributed by atoms with Gasteiger partial charge < -0.3 is 4.74 Å². The van der Waals surface area contributed by atoms with Crippen LogP contribution in [-0.4, -0.2) is 23.8 Å². The summed E-state index contributed by atoms with van der Waals surface area (Å²) in [4.78, 5) is 20.7. The Bertz CT molecular complexity index is 1100. The molecule has 0 aliphatic heterocycles. The molecule has 4 nitrogen and oxygen atoms in total. The molecular formula is C23H20N2O2S2. The monoisotopic (exact) mass is 420 g/mol. The lowest BCUT2D eigenvalue weighted by atomic mass is 10.2. The van der Waals surface area contributed by atoms with Crippen LogP contribution in [0.1, 0.15) is 5.56 Å². The standard InChI is InChI=1S/C23H20N2O2S2/c1-28-19-13-8-14-20-22(19)24-23(29-20)25(15-17-9-4-2-5-10-17)21(26)16-27-18-11-6-3-7-12-18/h2-14H,15-16H2,1H3. The summed E-state index contributed by atoms with van der Waals surface area (Å²) in [5.74, 6) is 0.553. The van der Waals surface area contributed by atoms with Crippen LogP contribution in [0.3, 0.4) is 0 Å². The number of carbonyl (C=O) groups is 1. The van der Waals surface area contributed by atoms with E-state index in [1.165, 1.54) is 11.3 Å². The van der Waals surface area contributed by atoms with Crippen LogP contribution in [0.5, 0.6) is 5.75 Å². The average Bonchev–Trinajstić information content (AvgIpc) is 3.21. The molecule has 1 amide bonds. The minimum Gasteiger partial charge on any atom is -0.484 e. The van der Waals surface area contributed by atoms with Crippen molar-refractivity contribution in [3.05, 3.63) is 84.4 Å². The van der Waals surface area contributed by atoms with Gasteiger partial charge in [-0.1, -0.05) is 65.9 Å². The maximum absolute atomic E-state index is 13.1. The van der Waals surface area contributed by atoms with Crippen molar-refractivity contribution in [2.24, 2.45) is 0 Å². The number of hydrogen-bond donors (Lipinski definition) is 0. The molecular weight excluding hydrogens is 400 g/mol. The highest BCUT2D eigenvalue weighted by molar-refractivity contribution is 7.98. The summed E-state index contributed by atoms with van der Waals surface area (Å²) in [6, 6.07) is 25.4. The Labute approximate surface area is 178 Å². The third-order valence-corrected chi connectivity index (χ3v) is 6.22. The van der Waals surface area contributed by atoms with Gasteiger partial charge in [-0.15, -0.1) is 11.8 Å². The first-order valence-corrected chi connectivity index (χ1v) is 11.2. The fraction of sp³-hybridized carbons (Fsp3) is 0.130. The Morgan fingerprint density at radius 2 is 1.72 bits per heavy atom. The largest absolute Gasteiger partial charge is 0.484 e. The van der Waals surface area contributed by atoms with E-state index in [4.69, 9.17) is 9.72 Å². The Morgan fingerprint density at radius 3 is 2.45 bits per heavy atom. The number of thioether (sulfide) groups is 1. The summed E-state index contributed by atoms with van der Waals surface area (Å²) in [6.07, 6.45) is 2.04. The van der Waals surface area contributed by atoms with Crippen molar-refractivity contribution in [2.75, 3.05) is 17.8 Å². The molecule has 1 heterocycles. The van der Waals surface area contributed by atoms with Crippen molar-refractivity contribution in [1.29, 1.82) is 0 Å². The smallest absolute Gasteiger partial charge is 0.267 e. The van der Waals surface area contributed by atoms with Crippen molar-refractivity contribution in [2.45, 2.75) is 11.4 Å². The molecule has 6 heteroatoms. The van der Waals surface area contributed by atoms with Crippen molar-refractivity contribution in [1.82, 2.24) is 4.98 Å². The number of amides is 1. The second-order valence-electron chi connectivity index (χ2n) is 6.37. The van der Waals surface area contributed by atoms with Gasteiger partial charge >= 0.3 is 0 Å². The van der Waals surface area contributed by atoms with Gasteiger partial charge in [-0.25, -0.2) is 4.98 Å². The highest BCUT2D eigenvalue weighted by Gasteiger charge is 2.21. The van der Waals surface area contributed by atoms with Gasteiger partial charge in [-0.05, 0) is 36.1 Å². The Kier molecular flexibility index (Phi) is 6.12. The van der Waals surface area contributed by atoms with E-state index >= 15 is 0 Å². The highest BCUT2D eigenvalue weighted by Crippen LogP contribution is 2.34. The summed E-state index contributed by atoms with van der Waals surface area (Å²) in [6.45, 7) is 0.411. The van der Waals surface area contributed by atoms with Gasteiger partial charge in [0.05, 0.1) is 16.8 Å². The number of fused-ring (bicyclic) bond motifs is 1. The topological polar surface area (TPSA) is 42.4 Å². The number of aromatic nitrogens is 1. The van der Waals surface area contributed by atoms with E-state index < -0.39 is 0 Å². The molecule has 0 radical (unpaired) electrons. The van der Waals surface area contributed by atoms with Crippen molar-refractivity contribution in [3.63, 3.8) is 0 Å². The number of anilines is 1. The molecule has 0 atom stereocenters. The van der Waals surface area contributed by atoms with Crippen LogP contribution < -0.4 is 9.64 Å². The van der Waals surface area contributed by atoms with Crippen molar-refractivity contribution in [3.8, 4) is 5.75 Å². The third-order valence-electron chi connectivity index (χ3n) is 4.41. The number of rotatable bonds is 7. The fourth-order valence-electron chi connectivity index (χ4n) is 2.96. The Balaban J connectivity index is 1.63. The number of ether oxygens (including phenoxy) is 1.